The molecule has 1 nitrogen and oxygen atoms in total. The molecule has 112 valence electrons. The highest BCUT2D eigenvalue weighted by Gasteiger charge is 2.09. The van der Waals surface area contributed by atoms with Crippen molar-refractivity contribution in [1.82, 2.24) is 0 Å². The maximum Gasteiger partial charge on any atom is 0.127 e. The Hall–Kier alpha value is -1.76. The van der Waals surface area contributed by atoms with Gasteiger partial charge in [-0.2, -0.15) is 0 Å². The average molecular weight is 282 g/mol. The molecule has 0 aliphatic heterocycles. The van der Waals surface area contributed by atoms with Gasteiger partial charge in [-0.05, 0) is 37.0 Å². The van der Waals surface area contributed by atoms with Crippen LogP contribution < -0.4 is 4.74 Å². The minimum atomic E-state index is 0.704. The lowest BCUT2D eigenvalue weighted by Gasteiger charge is -2.14. The maximum atomic E-state index is 5.79. The van der Waals surface area contributed by atoms with E-state index in [9.17, 15) is 0 Å². The normalized spacial score (nSPS) is 10.6. The molecule has 0 aliphatic carbocycles. The van der Waals surface area contributed by atoms with Gasteiger partial charge in [0.25, 0.3) is 0 Å². The lowest BCUT2D eigenvalue weighted by molar-refractivity contribution is 0.341. The van der Waals surface area contributed by atoms with E-state index >= 15 is 0 Å². The third-order valence-corrected chi connectivity index (χ3v) is 3.79. The van der Waals surface area contributed by atoms with Crippen LogP contribution in [0.3, 0.4) is 0 Å². The molecule has 2 rings (SSSR count). The van der Waals surface area contributed by atoms with Crippen LogP contribution in [-0.4, -0.2) is 6.61 Å². The first-order chi connectivity index (χ1) is 10.4. The monoisotopic (exact) mass is 282 g/mol. The molecule has 0 heterocycles. The van der Waals surface area contributed by atoms with Gasteiger partial charge in [0.05, 0.1) is 6.61 Å². The molecule has 2 aromatic carbocycles. The topological polar surface area (TPSA) is 9.23 Å². The van der Waals surface area contributed by atoms with Crippen molar-refractivity contribution in [3.63, 3.8) is 0 Å². The van der Waals surface area contributed by atoms with E-state index < -0.39 is 0 Å². The van der Waals surface area contributed by atoms with E-state index in [0.717, 1.165) is 12.2 Å². The molecule has 0 aromatic heterocycles. The highest BCUT2D eigenvalue weighted by molar-refractivity contribution is 5.73. The zero-order valence-electron chi connectivity index (χ0n) is 13.3. The summed E-state index contributed by atoms with van der Waals surface area (Å²) in [4.78, 5) is 0. The molecule has 0 spiro atoms. The fraction of sp³-hybridized carbons (Fsp3) is 0.400. The Morgan fingerprint density at radius 2 is 1.48 bits per heavy atom. The van der Waals surface area contributed by atoms with Gasteiger partial charge in [-0.1, -0.05) is 68.7 Å². The van der Waals surface area contributed by atoms with Crippen LogP contribution in [0.1, 0.15) is 45.1 Å². The molecule has 1 heteroatoms. The van der Waals surface area contributed by atoms with E-state index in [0.29, 0.717) is 6.61 Å². The van der Waals surface area contributed by atoms with Crippen molar-refractivity contribution in [3.8, 4) is 16.9 Å². The molecular weight excluding hydrogens is 256 g/mol. The predicted molar refractivity (Wildman–Crippen MR) is 90.9 cm³/mol. The number of rotatable bonds is 8. The van der Waals surface area contributed by atoms with Crippen molar-refractivity contribution < 1.29 is 4.74 Å². The van der Waals surface area contributed by atoms with Crippen LogP contribution in [0.25, 0.3) is 11.1 Å². The Labute approximate surface area is 129 Å². The Kier molecular flexibility index (Phi) is 6.33. The average Bonchev–Trinajstić information content (AvgIpc) is 2.53. The largest absolute Gasteiger partial charge is 0.493 e. The van der Waals surface area contributed by atoms with Crippen molar-refractivity contribution in [2.24, 2.45) is 0 Å². The van der Waals surface area contributed by atoms with Crippen LogP contribution >= 0.6 is 0 Å². The summed E-state index contributed by atoms with van der Waals surface area (Å²) >= 11 is 0. The summed E-state index contributed by atoms with van der Waals surface area (Å²) in [5.41, 5.74) is 3.96. The van der Waals surface area contributed by atoms with Crippen molar-refractivity contribution in [3.05, 3.63) is 54.1 Å². The second kappa shape index (κ2) is 8.51. The first-order valence-corrected chi connectivity index (χ1v) is 8.17. The van der Waals surface area contributed by atoms with Gasteiger partial charge in [-0.3, -0.25) is 0 Å². The Morgan fingerprint density at radius 3 is 2.24 bits per heavy atom. The summed E-state index contributed by atoms with van der Waals surface area (Å²) in [5.74, 6) is 0.987. The van der Waals surface area contributed by atoms with Crippen LogP contribution in [0, 0.1) is 0 Å². The molecule has 0 N–H and O–H groups in total. The van der Waals surface area contributed by atoms with E-state index in [1.165, 1.54) is 42.4 Å². The van der Waals surface area contributed by atoms with Crippen LogP contribution in [-0.2, 0) is 6.42 Å². The van der Waals surface area contributed by atoms with E-state index in [1.54, 1.807) is 0 Å². The first-order valence-electron chi connectivity index (χ1n) is 8.17. The number of benzene rings is 2. The predicted octanol–water partition coefficient (Wildman–Crippen LogP) is 5.88. The molecule has 0 amide bonds. The van der Waals surface area contributed by atoms with Crippen LogP contribution in [0.2, 0.25) is 0 Å². The summed E-state index contributed by atoms with van der Waals surface area (Å²) in [7, 11) is 0. The number of unbranched alkanes of at least 4 members (excludes halogenated alkanes) is 3. The number of hydrogen-bond donors (Lipinski definition) is 0. The van der Waals surface area contributed by atoms with Crippen molar-refractivity contribution in [2.45, 2.75) is 46.0 Å². The minimum Gasteiger partial charge on any atom is -0.493 e. The lowest BCUT2D eigenvalue weighted by Crippen LogP contribution is -1.96. The Balaban J connectivity index is 2.23. The molecule has 21 heavy (non-hydrogen) atoms. The van der Waals surface area contributed by atoms with Gasteiger partial charge in [0.2, 0.25) is 0 Å². The SMILES string of the molecule is CCCCCCc1ccccc1-c1ccccc1OCC. The van der Waals surface area contributed by atoms with Gasteiger partial charge >= 0.3 is 0 Å². The van der Waals surface area contributed by atoms with E-state index in [1.807, 2.05) is 13.0 Å². The van der Waals surface area contributed by atoms with Crippen LogP contribution in [0.4, 0.5) is 0 Å². The molecule has 0 saturated carbocycles. The third-order valence-electron chi connectivity index (χ3n) is 3.79. The molecular formula is C20H26O. The van der Waals surface area contributed by atoms with Crippen molar-refractivity contribution in [1.29, 1.82) is 0 Å². The smallest absolute Gasteiger partial charge is 0.127 e. The summed E-state index contributed by atoms with van der Waals surface area (Å²) in [6, 6.07) is 17.1. The zero-order chi connectivity index (χ0) is 14.9. The van der Waals surface area contributed by atoms with Crippen LogP contribution in [0.5, 0.6) is 5.75 Å². The fourth-order valence-electron chi connectivity index (χ4n) is 2.71. The number of ether oxygens (including phenoxy) is 1. The zero-order valence-corrected chi connectivity index (χ0v) is 13.3. The van der Waals surface area contributed by atoms with Gasteiger partial charge in [0.1, 0.15) is 5.75 Å². The molecule has 0 radical (unpaired) electrons. The molecule has 2 aromatic rings. The van der Waals surface area contributed by atoms with Gasteiger partial charge < -0.3 is 4.74 Å². The second-order valence-corrected chi connectivity index (χ2v) is 5.40. The minimum absolute atomic E-state index is 0.704. The fourth-order valence-corrected chi connectivity index (χ4v) is 2.71. The lowest BCUT2D eigenvalue weighted by atomic mass is 9.95. The molecule has 0 atom stereocenters. The van der Waals surface area contributed by atoms with Crippen molar-refractivity contribution >= 4 is 0 Å². The highest BCUT2D eigenvalue weighted by atomic mass is 16.5. The Morgan fingerprint density at radius 1 is 0.762 bits per heavy atom. The maximum absolute atomic E-state index is 5.79. The Bertz CT molecular complexity index is 545. The quantitative estimate of drug-likeness (QED) is 0.550. The van der Waals surface area contributed by atoms with Crippen LogP contribution in [0.15, 0.2) is 48.5 Å². The van der Waals surface area contributed by atoms with E-state index in [2.05, 4.69) is 49.4 Å². The summed E-state index contributed by atoms with van der Waals surface area (Å²) < 4.78 is 5.79. The molecule has 0 aliphatic rings. The first kappa shape index (κ1) is 15.6. The van der Waals surface area contributed by atoms with Gasteiger partial charge in [-0.15, -0.1) is 0 Å². The number of hydrogen-bond acceptors (Lipinski definition) is 1. The molecule has 0 fully saturated rings. The number of para-hydroxylation sites is 1. The second-order valence-electron chi connectivity index (χ2n) is 5.40. The third kappa shape index (κ3) is 4.35. The summed E-state index contributed by atoms with van der Waals surface area (Å²) in [6.45, 7) is 5.00. The van der Waals surface area contributed by atoms with Gasteiger partial charge in [0.15, 0.2) is 0 Å². The van der Waals surface area contributed by atoms with E-state index in [4.69, 9.17) is 4.74 Å². The van der Waals surface area contributed by atoms with Gasteiger partial charge in [0, 0.05) is 5.56 Å². The standard InChI is InChI=1S/C20H26O/c1-3-5-6-7-12-17-13-8-9-14-18(17)19-15-10-11-16-20(19)21-4-2/h8-11,13-16H,3-7,12H2,1-2H3. The summed E-state index contributed by atoms with van der Waals surface area (Å²) in [5, 5.41) is 0. The van der Waals surface area contributed by atoms with Crippen molar-refractivity contribution in [2.75, 3.05) is 6.61 Å². The molecule has 0 saturated heterocycles. The molecule has 0 unspecified atom stereocenters. The van der Waals surface area contributed by atoms with E-state index in [-0.39, 0.29) is 0 Å². The molecule has 0 bridgehead atoms. The van der Waals surface area contributed by atoms with Gasteiger partial charge in [-0.25, -0.2) is 0 Å². The highest BCUT2D eigenvalue weighted by Crippen LogP contribution is 2.33. The summed E-state index contributed by atoms with van der Waals surface area (Å²) in [6.07, 6.45) is 6.35. The number of aryl methyl sites for hydroxylation is 1.